The van der Waals surface area contributed by atoms with Gasteiger partial charge >= 0.3 is 0 Å². The van der Waals surface area contributed by atoms with Crippen LogP contribution in [0.2, 0.25) is 0 Å². The van der Waals surface area contributed by atoms with E-state index >= 15 is 0 Å². The molecule has 0 saturated carbocycles. The molecule has 1 atom stereocenters. The zero-order chi connectivity index (χ0) is 13.3. The third-order valence-electron chi connectivity index (χ3n) is 4.09. The fraction of sp³-hybridized carbons (Fsp3) is 0.375. The van der Waals surface area contributed by atoms with Crippen LogP contribution in [0.5, 0.6) is 0 Å². The van der Waals surface area contributed by atoms with Crippen LogP contribution >= 0.6 is 38.9 Å². The van der Waals surface area contributed by atoms with Gasteiger partial charge in [-0.05, 0) is 64.9 Å². The highest BCUT2D eigenvalue weighted by atomic mass is 79.9. The molecule has 100 valence electrons. The fourth-order valence-electron chi connectivity index (χ4n) is 3.16. The van der Waals surface area contributed by atoms with Crippen molar-refractivity contribution in [1.82, 2.24) is 0 Å². The monoisotopic (exact) mass is 354 g/mol. The number of thiophene rings is 1. The third-order valence-corrected chi connectivity index (χ3v) is 6.22. The smallest absolute Gasteiger partial charge is 0.0701 e. The number of rotatable bonds is 3. The van der Waals surface area contributed by atoms with E-state index in [1.807, 2.05) is 11.3 Å². The molecule has 1 unspecified atom stereocenters. The van der Waals surface area contributed by atoms with Crippen LogP contribution in [0.4, 0.5) is 0 Å². The summed E-state index contributed by atoms with van der Waals surface area (Å²) < 4.78 is 1.20. The van der Waals surface area contributed by atoms with Crippen LogP contribution in [-0.2, 0) is 18.3 Å². The maximum absolute atomic E-state index is 6.41. The Labute approximate surface area is 131 Å². The summed E-state index contributed by atoms with van der Waals surface area (Å²) in [5.74, 6) is 0.708. The molecule has 1 aliphatic carbocycles. The normalized spacial score (nSPS) is 22.2. The van der Waals surface area contributed by atoms with Crippen molar-refractivity contribution in [3.63, 3.8) is 0 Å². The summed E-state index contributed by atoms with van der Waals surface area (Å²) in [4.78, 5) is 1.42. The molecule has 2 aromatic rings. The second-order valence-corrected chi connectivity index (χ2v) is 8.12. The Morgan fingerprint density at radius 3 is 2.79 bits per heavy atom. The second-order valence-electron chi connectivity index (χ2n) is 5.31. The van der Waals surface area contributed by atoms with Gasteiger partial charge in [-0.15, -0.1) is 22.9 Å². The van der Waals surface area contributed by atoms with Crippen molar-refractivity contribution in [1.29, 1.82) is 0 Å². The SMILES string of the molecule is ClCC1(Cc2ccc(Br)s2)CCCc2ccccc21. The zero-order valence-electron chi connectivity index (χ0n) is 10.7. The second kappa shape index (κ2) is 5.59. The first-order valence-electron chi connectivity index (χ1n) is 6.62. The lowest BCUT2D eigenvalue weighted by Crippen LogP contribution is -2.35. The number of aryl methyl sites for hydroxylation is 1. The first-order valence-corrected chi connectivity index (χ1v) is 8.76. The van der Waals surface area contributed by atoms with Gasteiger partial charge in [0.25, 0.3) is 0 Å². The molecule has 0 aliphatic heterocycles. The molecule has 0 nitrogen and oxygen atoms in total. The van der Waals surface area contributed by atoms with Gasteiger partial charge in [0, 0.05) is 16.2 Å². The van der Waals surface area contributed by atoms with Crippen LogP contribution in [0, 0.1) is 0 Å². The van der Waals surface area contributed by atoms with Gasteiger partial charge in [0.05, 0.1) is 3.79 Å². The lowest BCUT2D eigenvalue weighted by molar-refractivity contribution is 0.399. The van der Waals surface area contributed by atoms with Gasteiger partial charge < -0.3 is 0 Å². The zero-order valence-corrected chi connectivity index (χ0v) is 13.8. The van der Waals surface area contributed by atoms with Crippen molar-refractivity contribution < 1.29 is 0 Å². The van der Waals surface area contributed by atoms with Crippen molar-refractivity contribution >= 4 is 38.9 Å². The maximum Gasteiger partial charge on any atom is 0.0701 e. The van der Waals surface area contributed by atoms with Gasteiger partial charge in [0.2, 0.25) is 0 Å². The summed E-state index contributed by atoms with van der Waals surface area (Å²) in [7, 11) is 0. The van der Waals surface area contributed by atoms with Crippen molar-refractivity contribution in [2.45, 2.75) is 31.1 Å². The molecular formula is C16H16BrClS. The molecule has 0 saturated heterocycles. The Kier molecular flexibility index (Phi) is 4.02. The van der Waals surface area contributed by atoms with Crippen LogP contribution in [0.1, 0.15) is 28.8 Å². The number of benzene rings is 1. The van der Waals surface area contributed by atoms with Crippen LogP contribution in [0.3, 0.4) is 0 Å². The minimum absolute atomic E-state index is 0.126. The molecular weight excluding hydrogens is 340 g/mol. The average molecular weight is 356 g/mol. The van der Waals surface area contributed by atoms with Gasteiger partial charge in [-0.1, -0.05) is 24.3 Å². The Balaban J connectivity index is 2.00. The van der Waals surface area contributed by atoms with Crippen molar-refractivity contribution in [2.24, 2.45) is 0 Å². The Bertz CT molecular complexity index is 578. The molecule has 0 radical (unpaired) electrons. The molecule has 0 spiro atoms. The first-order chi connectivity index (χ1) is 9.23. The first kappa shape index (κ1) is 13.7. The molecule has 19 heavy (non-hydrogen) atoms. The number of fused-ring (bicyclic) bond motifs is 1. The average Bonchev–Trinajstić information content (AvgIpc) is 2.84. The van der Waals surface area contributed by atoms with E-state index in [0.717, 1.165) is 6.42 Å². The lowest BCUT2D eigenvalue weighted by Gasteiger charge is -2.37. The van der Waals surface area contributed by atoms with Crippen molar-refractivity contribution in [3.05, 3.63) is 56.2 Å². The van der Waals surface area contributed by atoms with Gasteiger partial charge in [0.15, 0.2) is 0 Å². The number of hydrogen-bond acceptors (Lipinski definition) is 1. The summed E-state index contributed by atoms with van der Waals surface area (Å²) in [6, 6.07) is 13.2. The summed E-state index contributed by atoms with van der Waals surface area (Å²) >= 11 is 11.8. The molecule has 1 aliphatic rings. The van der Waals surface area contributed by atoms with Crippen LogP contribution in [-0.4, -0.2) is 5.88 Å². The van der Waals surface area contributed by atoms with Crippen LogP contribution in [0.15, 0.2) is 40.2 Å². The minimum Gasteiger partial charge on any atom is -0.133 e. The van der Waals surface area contributed by atoms with E-state index in [2.05, 4.69) is 52.3 Å². The fourth-order valence-corrected chi connectivity index (χ4v) is 5.16. The highest BCUT2D eigenvalue weighted by molar-refractivity contribution is 9.11. The van der Waals surface area contributed by atoms with E-state index < -0.39 is 0 Å². The molecule has 1 heterocycles. The Morgan fingerprint density at radius 1 is 1.21 bits per heavy atom. The van der Waals surface area contributed by atoms with Gasteiger partial charge in [-0.3, -0.25) is 0 Å². The highest BCUT2D eigenvalue weighted by Crippen LogP contribution is 2.42. The molecule has 1 aromatic heterocycles. The van der Waals surface area contributed by atoms with E-state index in [9.17, 15) is 0 Å². The molecule has 3 heteroatoms. The van der Waals surface area contributed by atoms with Gasteiger partial charge in [-0.2, -0.15) is 0 Å². The van der Waals surface area contributed by atoms with Crippen LogP contribution < -0.4 is 0 Å². The lowest BCUT2D eigenvalue weighted by atomic mass is 9.69. The quantitative estimate of drug-likeness (QED) is 0.632. The largest absolute Gasteiger partial charge is 0.133 e. The predicted molar refractivity (Wildman–Crippen MR) is 87.5 cm³/mol. The van der Waals surface area contributed by atoms with E-state index in [-0.39, 0.29) is 5.41 Å². The van der Waals surface area contributed by atoms with Crippen LogP contribution in [0.25, 0.3) is 0 Å². The molecule has 3 rings (SSSR count). The van der Waals surface area contributed by atoms with Crippen molar-refractivity contribution in [3.8, 4) is 0 Å². The van der Waals surface area contributed by atoms with Gasteiger partial charge in [0.1, 0.15) is 0 Å². The summed E-state index contributed by atoms with van der Waals surface area (Å²) in [5, 5.41) is 0. The summed E-state index contributed by atoms with van der Waals surface area (Å²) in [6.07, 6.45) is 4.70. The summed E-state index contributed by atoms with van der Waals surface area (Å²) in [5.41, 5.74) is 3.09. The Morgan fingerprint density at radius 2 is 2.05 bits per heavy atom. The number of hydrogen-bond donors (Lipinski definition) is 0. The van der Waals surface area contributed by atoms with Crippen molar-refractivity contribution in [2.75, 3.05) is 5.88 Å². The standard InChI is InChI=1S/C16H16BrClS/c17-15-8-7-13(19-15)10-16(11-18)9-3-5-12-4-1-2-6-14(12)16/h1-2,4,6-8H,3,5,9-11H2. The van der Waals surface area contributed by atoms with E-state index in [1.165, 1.54) is 39.1 Å². The third kappa shape index (κ3) is 2.63. The molecule has 1 aromatic carbocycles. The summed E-state index contributed by atoms with van der Waals surface area (Å²) in [6.45, 7) is 0. The molecule has 0 fully saturated rings. The minimum atomic E-state index is 0.126. The van der Waals surface area contributed by atoms with Gasteiger partial charge in [-0.25, -0.2) is 0 Å². The van der Waals surface area contributed by atoms with E-state index in [4.69, 9.17) is 11.6 Å². The maximum atomic E-state index is 6.41. The molecule has 0 amide bonds. The molecule has 0 bridgehead atoms. The number of alkyl halides is 1. The Hall–Kier alpha value is -0.310. The van der Waals surface area contributed by atoms with E-state index in [1.54, 1.807) is 0 Å². The highest BCUT2D eigenvalue weighted by Gasteiger charge is 2.36. The van der Waals surface area contributed by atoms with E-state index in [0.29, 0.717) is 5.88 Å². The number of halogens is 2. The predicted octanol–water partition coefficient (Wildman–Crippen LogP) is 5.57. The topological polar surface area (TPSA) is 0 Å². The molecule has 0 N–H and O–H groups in total.